The molecule has 0 amide bonds. The van der Waals surface area contributed by atoms with E-state index in [2.05, 4.69) is 21.0 Å². The fourth-order valence-corrected chi connectivity index (χ4v) is 4.47. The standard InChI is InChI=1S/C22H26ClN5O3/c1-12-9-25-16(13(2)19(12)30-3)11-28-10-15(8-14-4-6-31-7-5-14)18(29)17-20(23)26-22(24)27-21(17)28/h8-9,14H,4-7,10-11H2,1-3H3,(H2,24,26,27)/b15-8+. The van der Waals surface area contributed by atoms with Crippen LogP contribution >= 0.6 is 11.6 Å². The Labute approximate surface area is 186 Å². The van der Waals surface area contributed by atoms with E-state index in [1.54, 1.807) is 13.3 Å². The highest BCUT2D eigenvalue weighted by molar-refractivity contribution is 6.35. The normalized spacial score (nSPS) is 18.4. The molecule has 0 radical (unpaired) electrons. The summed E-state index contributed by atoms with van der Waals surface area (Å²) in [5, 5.41) is 0.0706. The number of fused-ring (bicyclic) bond motifs is 1. The number of ketones is 1. The van der Waals surface area contributed by atoms with Crippen molar-refractivity contribution in [3.05, 3.63) is 45.4 Å². The first-order valence-electron chi connectivity index (χ1n) is 10.3. The molecule has 0 bridgehead atoms. The lowest BCUT2D eigenvalue weighted by Gasteiger charge is -2.32. The summed E-state index contributed by atoms with van der Waals surface area (Å²) in [5.74, 6) is 1.42. The number of ether oxygens (including phenoxy) is 2. The number of hydrogen-bond acceptors (Lipinski definition) is 8. The van der Waals surface area contributed by atoms with Gasteiger partial charge in [-0.2, -0.15) is 4.98 Å². The topological polar surface area (TPSA) is 103 Å². The number of anilines is 2. The molecular formula is C22H26ClN5O3. The molecule has 0 aliphatic carbocycles. The first-order valence-corrected chi connectivity index (χ1v) is 10.7. The highest BCUT2D eigenvalue weighted by atomic mass is 35.5. The van der Waals surface area contributed by atoms with Crippen molar-refractivity contribution in [3.63, 3.8) is 0 Å². The first kappa shape index (κ1) is 21.5. The van der Waals surface area contributed by atoms with Crippen molar-refractivity contribution in [2.24, 2.45) is 5.92 Å². The van der Waals surface area contributed by atoms with Crippen LogP contribution in [0, 0.1) is 19.8 Å². The Balaban J connectivity index is 1.75. The Morgan fingerprint density at radius 3 is 2.77 bits per heavy atom. The van der Waals surface area contributed by atoms with Gasteiger partial charge in [-0.3, -0.25) is 9.78 Å². The number of carbonyl (C=O) groups excluding carboxylic acids is 1. The second kappa shape index (κ2) is 8.80. The molecular weight excluding hydrogens is 418 g/mol. The summed E-state index contributed by atoms with van der Waals surface area (Å²) in [4.78, 5) is 28.2. The van der Waals surface area contributed by atoms with Gasteiger partial charge in [0.15, 0.2) is 5.78 Å². The van der Waals surface area contributed by atoms with Crippen LogP contribution in [0.4, 0.5) is 11.8 Å². The Morgan fingerprint density at radius 1 is 1.32 bits per heavy atom. The number of pyridine rings is 1. The predicted octanol–water partition coefficient (Wildman–Crippen LogP) is 3.29. The number of aryl methyl sites for hydroxylation is 1. The predicted molar refractivity (Wildman–Crippen MR) is 119 cm³/mol. The monoisotopic (exact) mass is 443 g/mol. The summed E-state index contributed by atoms with van der Waals surface area (Å²) >= 11 is 6.36. The number of carbonyl (C=O) groups is 1. The van der Waals surface area contributed by atoms with Crippen LogP contribution in [-0.4, -0.2) is 47.6 Å². The van der Waals surface area contributed by atoms with Crippen molar-refractivity contribution in [2.45, 2.75) is 33.2 Å². The molecule has 2 aromatic heterocycles. The van der Waals surface area contributed by atoms with Crippen molar-refractivity contribution < 1.29 is 14.3 Å². The molecule has 9 heteroatoms. The SMILES string of the molecule is COc1c(C)cnc(CN2C/C(=C\C3CCOCC3)C(=O)c3c(Cl)nc(N)nc32)c1C. The van der Waals surface area contributed by atoms with E-state index < -0.39 is 0 Å². The van der Waals surface area contributed by atoms with Crippen LogP contribution in [0.25, 0.3) is 0 Å². The summed E-state index contributed by atoms with van der Waals surface area (Å²) in [6, 6.07) is 0. The van der Waals surface area contributed by atoms with Crippen LogP contribution in [0.1, 0.15) is 40.0 Å². The Hall–Kier alpha value is -2.71. The summed E-state index contributed by atoms with van der Waals surface area (Å²) in [5.41, 5.74) is 9.58. The smallest absolute Gasteiger partial charge is 0.223 e. The number of Topliss-reactive ketones (excluding diaryl/α,β-unsaturated/α-hetero) is 1. The van der Waals surface area contributed by atoms with Gasteiger partial charge < -0.3 is 20.1 Å². The number of halogens is 1. The van der Waals surface area contributed by atoms with E-state index in [4.69, 9.17) is 26.8 Å². The molecule has 2 aromatic rings. The highest BCUT2D eigenvalue weighted by Crippen LogP contribution is 2.35. The molecule has 0 unspecified atom stereocenters. The number of nitrogens with zero attached hydrogens (tertiary/aromatic N) is 4. The van der Waals surface area contributed by atoms with Gasteiger partial charge in [0, 0.05) is 42.7 Å². The van der Waals surface area contributed by atoms with Crippen LogP contribution in [-0.2, 0) is 11.3 Å². The van der Waals surface area contributed by atoms with Crippen LogP contribution in [0.3, 0.4) is 0 Å². The van der Waals surface area contributed by atoms with Crippen molar-refractivity contribution in [1.29, 1.82) is 0 Å². The second-order valence-corrected chi connectivity index (χ2v) is 8.30. The summed E-state index contributed by atoms with van der Waals surface area (Å²) < 4.78 is 11.0. The van der Waals surface area contributed by atoms with Gasteiger partial charge in [0.25, 0.3) is 0 Å². The third kappa shape index (κ3) is 4.22. The van der Waals surface area contributed by atoms with E-state index in [1.807, 2.05) is 18.7 Å². The van der Waals surface area contributed by atoms with Gasteiger partial charge in [-0.25, -0.2) is 4.98 Å². The van der Waals surface area contributed by atoms with Gasteiger partial charge in [0.2, 0.25) is 5.95 Å². The number of methoxy groups -OCH3 is 1. The number of nitrogen functional groups attached to an aromatic ring is 1. The van der Waals surface area contributed by atoms with Crippen LogP contribution in [0.15, 0.2) is 17.8 Å². The molecule has 2 aliphatic rings. The van der Waals surface area contributed by atoms with Gasteiger partial charge >= 0.3 is 0 Å². The maximum atomic E-state index is 13.3. The molecule has 1 fully saturated rings. The molecule has 0 atom stereocenters. The lowest BCUT2D eigenvalue weighted by Crippen LogP contribution is -2.36. The van der Waals surface area contributed by atoms with Crippen LogP contribution in [0.2, 0.25) is 5.15 Å². The largest absolute Gasteiger partial charge is 0.496 e. The lowest BCUT2D eigenvalue weighted by atomic mass is 9.92. The lowest BCUT2D eigenvalue weighted by molar-refractivity contribution is 0.0780. The summed E-state index contributed by atoms with van der Waals surface area (Å²) in [7, 11) is 1.65. The van der Waals surface area contributed by atoms with Crippen molar-refractivity contribution in [3.8, 4) is 5.75 Å². The van der Waals surface area contributed by atoms with Gasteiger partial charge in [-0.05, 0) is 32.6 Å². The minimum atomic E-state index is -0.145. The Morgan fingerprint density at radius 2 is 2.06 bits per heavy atom. The average Bonchev–Trinajstić information content (AvgIpc) is 2.74. The maximum absolute atomic E-state index is 13.3. The van der Waals surface area contributed by atoms with Crippen molar-refractivity contribution >= 4 is 29.2 Å². The van der Waals surface area contributed by atoms with E-state index in [9.17, 15) is 4.79 Å². The number of aromatic nitrogens is 3. The first-order chi connectivity index (χ1) is 14.9. The second-order valence-electron chi connectivity index (χ2n) is 7.94. The number of allylic oxidation sites excluding steroid dienone is 1. The molecule has 31 heavy (non-hydrogen) atoms. The molecule has 0 aromatic carbocycles. The van der Waals surface area contributed by atoms with Gasteiger partial charge in [0.1, 0.15) is 22.3 Å². The molecule has 2 aliphatic heterocycles. The molecule has 8 nitrogen and oxygen atoms in total. The summed E-state index contributed by atoms with van der Waals surface area (Å²) in [6.07, 6.45) is 5.64. The minimum absolute atomic E-state index is 0.0320. The van der Waals surface area contributed by atoms with Crippen LogP contribution < -0.4 is 15.4 Å². The number of rotatable bonds is 4. The quantitative estimate of drug-likeness (QED) is 0.567. The molecule has 4 heterocycles. The molecule has 4 rings (SSSR count). The van der Waals surface area contributed by atoms with Crippen molar-refractivity contribution in [2.75, 3.05) is 37.5 Å². The average molecular weight is 444 g/mol. The zero-order valence-electron chi connectivity index (χ0n) is 17.9. The van der Waals surface area contributed by atoms with E-state index in [1.165, 1.54) is 0 Å². The van der Waals surface area contributed by atoms with E-state index >= 15 is 0 Å². The van der Waals surface area contributed by atoms with Gasteiger partial charge in [0.05, 0.1) is 19.3 Å². The van der Waals surface area contributed by atoms with Gasteiger partial charge in [-0.1, -0.05) is 17.7 Å². The van der Waals surface area contributed by atoms with Gasteiger partial charge in [-0.15, -0.1) is 0 Å². The Bertz CT molecular complexity index is 1050. The van der Waals surface area contributed by atoms with Crippen LogP contribution in [0.5, 0.6) is 5.75 Å². The Kier molecular flexibility index (Phi) is 6.11. The third-order valence-electron chi connectivity index (χ3n) is 5.84. The minimum Gasteiger partial charge on any atom is -0.496 e. The zero-order chi connectivity index (χ0) is 22.1. The number of nitrogens with two attached hydrogens (primary N) is 1. The van der Waals surface area contributed by atoms with E-state index in [-0.39, 0.29) is 22.4 Å². The molecule has 164 valence electrons. The molecule has 2 N–H and O–H groups in total. The molecule has 0 spiro atoms. The highest BCUT2D eigenvalue weighted by Gasteiger charge is 2.33. The van der Waals surface area contributed by atoms with E-state index in [0.29, 0.717) is 43.6 Å². The molecule has 0 saturated carbocycles. The summed E-state index contributed by atoms with van der Waals surface area (Å²) in [6.45, 7) is 6.17. The third-order valence-corrected chi connectivity index (χ3v) is 6.11. The fourth-order valence-electron chi connectivity index (χ4n) is 4.21. The maximum Gasteiger partial charge on any atom is 0.223 e. The van der Waals surface area contributed by atoms with Crippen molar-refractivity contribution in [1.82, 2.24) is 15.0 Å². The zero-order valence-corrected chi connectivity index (χ0v) is 18.7. The van der Waals surface area contributed by atoms with E-state index in [0.717, 1.165) is 35.4 Å². The fraction of sp³-hybridized carbons (Fsp3) is 0.455. The molecule has 1 saturated heterocycles. The number of hydrogen-bond donors (Lipinski definition) is 1.